The molecule has 0 amide bonds. The maximum atomic E-state index is 4.07. The SMILES string of the molecule is [CH2-]C(C)CCCC(C)CCCCCCCC(C)CCCC.[Cl-].[Mg+2]. The molecule has 0 aliphatic heterocycles. The van der Waals surface area contributed by atoms with Crippen molar-refractivity contribution < 1.29 is 12.4 Å². The van der Waals surface area contributed by atoms with Crippen molar-refractivity contribution in [2.24, 2.45) is 17.8 Å². The molecular weight excluding hydrogens is 312 g/mol. The smallest absolute Gasteiger partial charge is 1.00 e. The van der Waals surface area contributed by atoms with Crippen molar-refractivity contribution in [3.8, 4) is 0 Å². The summed E-state index contributed by atoms with van der Waals surface area (Å²) in [6.45, 7) is 13.5. The molecule has 0 rings (SSSR count). The van der Waals surface area contributed by atoms with Crippen LogP contribution in [0.25, 0.3) is 0 Å². The molecule has 0 saturated heterocycles. The fourth-order valence-corrected chi connectivity index (χ4v) is 3.17. The van der Waals surface area contributed by atoms with Gasteiger partial charge in [0.25, 0.3) is 0 Å². The van der Waals surface area contributed by atoms with Gasteiger partial charge in [0, 0.05) is 0 Å². The standard InChI is InChI=1S/C21H43.ClH.Mg/c1-6-7-15-20(4)16-11-9-8-10-12-17-21(5)18-13-14-19(2)3;;/h19-21H,2,6-18H2,1,3-5H3;1H;/q-1;;+2/p-1. The van der Waals surface area contributed by atoms with Crippen LogP contribution in [0.15, 0.2) is 0 Å². The monoisotopic (exact) mass is 354 g/mol. The second-order valence-corrected chi connectivity index (χ2v) is 7.73. The van der Waals surface area contributed by atoms with Crippen LogP contribution in [-0.4, -0.2) is 23.1 Å². The summed E-state index contributed by atoms with van der Waals surface area (Å²) < 4.78 is 0. The number of hydrogen-bond acceptors (Lipinski definition) is 0. The van der Waals surface area contributed by atoms with Gasteiger partial charge >= 0.3 is 23.1 Å². The molecule has 3 atom stereocenters. The Morgan fingerprint density at radius 3 is 1.43 bits per heavy atom. The van der Waals surface area contributed by atoms with E-state index in [9.17, 15) is 0 Å². The molecule has 0 nitrogen and oxygen atoms in total. The van der Waals surface area contributed by atoms with Crippen LogP contribution < -0.4 is 12.4 Å². The van der Waals surface area contributed by atoms with Gasteiger partial charge in [-0.3, -0.25) is 0 Å². The molecule has 136 valence electrons. The van der Waals surface area contributed by atoms with Gasteiger partial charge in [-0.25, -0.2) is 0 Å². The maximum absolute atomic E-state index is 4.07. The summed E-state index contributed by atoms with van der Waals surface area (Å²) in [4.78, 5) is 0. The van der Waals surface area contributed by atoms with E-state index in [1.807, 2.05) is 0 Å². The maximum Gasteiger partial charge on any atom is 2.00 e. The summed E-state index contributed by atoms with van der Waals surface area (Å²) in [7, 11) is 0. The summed E-state index contributed by atoms with van der Waals surface area (Å²) in [5, 5.41) is 0. The third-order valence-corrected chi connectivity index (χ3v) is 4.84. The Hall–Kier alpha value is 1.06. The van der Waals surface area contributed by atoms with Crippen molar-refractivity contribution in [2.45, 2.75) is 111 Å². The van der Waals surface area contributed by atoms with Crippen LogP contribution in [0.3, 0.4) is 0 Å². The van der Waals surface area contributed by atoms with Crippen LogP contribution >= 0.6 is 0 Å². The first-order chi connectivity index (χ1) is 10.1. The molecule has 0 spiro atoms. The average Bonchev–Trinajstić information content (AvgIpc) is 2.43. The third-order valence-electron chi connectivity index (χ3n) is 4.84. The van der Waals surface area contributed by atoms with Crippen molar-refractivity contribution in [1.82, 2.24) is 0 Å². The average molecular weight is 355 g/mol. The summed E-state index contributed by atoms with van der Waals surface area (Å²) in [6, 6.07) is 0. The van der Waals surface area contributed by atoms with Crippen molar-refractivity contribution in [1.29, 1.82) is 0 Å². The van der Waals surface area contributed by atoms with E-state index in [1.165, 1.54) is 83.5 Å². The Morgan fingerprint density at radius 1 is 0.609 bits per heavy atom. The molecule has 0 aliphatic rings. The molecule has 0 aromatic heterocycles. The second kappa shape index (κ2) is 21.1. The second-order valence-electron chi connectivity index (χ2n) is 7.73. The third kappa shape index (κ3) is 23.1. The Labute approximate surface area is 170 Å². The summed E-state index contributed by atoms with van der Waals surface area (Å²) >= 11 is 0. The van der Waals surface area contributed by atoms with Gasteiger partial charge in [-0.05, 0) is 11.8 Å². The first kappa shape index (κ1) is 28.8. The minimum absolute atomic E-state index is 0. The van der Waals surface area contributed by atoms with E-state index >= 15 is 0 Å². The predicted molar refractivity (Wildman–Crippen MR) is 104 cm³/mol. The molecule has 0 radical (unpaired) electrons. The first-order valence-corrected chi connectivity index (χ1v) is 9.89. The molecular formula is C21H43ClMg. The summed E-state index contributed by atoms with van der Waals surface area (Å²) in [5.74, 6) is 2.52. The fraction of sp³-hybridized carbons (Fsp3) is 0.952. The van der Waals surface area contributed by atoms with E-state index in [0.29, 0.717) is 5.92 Å². The van der Waals surface area contributed by atoms with Crippen LogP contribution in [0.1, 0.15) is 111 Å². The molecule has 0 N–H and O–H groups in total. The molecule has 0 bridgehead atoms. The van der Waals surface area contributed by atoms with E-state index in [4.69, 9.17) is 0 Å². The van der Waals surface area contributed by atoms with E-state index in [-0.39, 0.29) is 35.5 Å². The minimum Gasteiger partial charge on any atom is -1.00 e. The predicted octanol–water partition coefficient (Wildman–Crippen LogP) is 4.44. The van der Waals surface area contributed by atoms with Crippen molar-refractivity contribution in [2.75, 3.05) is 0 Å². The quantitative estimate of drug-likeness (QED) is 0.231. The number of rotatable bonds is 15. The van der Waals surface area contributed by atoms with Gasteiger partial charge in [0.2, 0.25) is 0 Å². The molecule has 0 saturated carbocycles. The topological polar surface area (TPSA) is 0 Å². The zero-order chi connectivity index (χ0) is 15.9. The van der Waals surface area contributed by atoms with Gasteiger partial charge in [0.15, 0.2) is 0 Å². The van der Waals surface area contributed by atoms with Crippen LogP contribution in [0, 0.1) is 24.7 Å². The van der Waals surface area contributed by atoms with Gasteiger partial charge in [0.1, 0.15) is 0 Å². The number of hydrogen-bond donors (Lipinski definition) is 0. The van der Waals surface area contributed by atoms with Gasteiger partial charge in [-0.2, -0.15) is 5.92 Å². The number of unbranched alkanes of at least 4 members (excludes halogenated alkanes) is 5. The van der Waals surface area contributed by atoms with Crippen LogP contribution in [0.4, 0.5) is 0 Å². The zero-order valence-electron chi connectivity index (χ0n) is 16.7. The molecule has 0 aromatic carbocycles. The van der Waals surface area contributed by atoms with E-state index in [1.54, 1.807) is 0 Å². The zero-order valence-corrected chi connectivity index (χ0v) is 18.9. The van der Waals surface area contributed by atoms with Crippen LogP contribution in [0.5, 0.6) is 0 Å². The molecule has 0 fully saturated rings. The molecule has 0 aromatic rings. The molecule has 0 heterocycles. The van der Waals surface area contributed by atoms with Crippen molar-refractivity contribution in [3.63, 3.8) is 0 Å². The Balaban J connectivity index is -0.00000200. The molecule has 2 heteroatoms. The normalized spacial score (nSPS) is 14.5. The van der Waals surface area contributed by atoms with Gasteiger partial charge in [0.05, 0.1) is 0 Å². The van der Waals surface area contributed by atoms with E-state index in [0.717, 1.165) is 11.8 Å². The van der Waals surface area contributed by atoms with E-state index < -0.39 is 0 Å². The number of halogens is 1. The van der Waals surface area contributed by atoms with Gasteiger partial charge < -0.3 is 19.3 Å². The Bertz CT molecular complexity index is 206. The molecule has 0 aliphatic carbocycles. The van der Waals surface area contributed by atoms with Crippen molar-refractivity contribution >= 4 is 23.1 Å². The van der Waals surface area contributed by atoms with Crippen LogP contribution in [-0.2, 0) is 0 Å². The largest absolute Gasteiger partial charge is 2.00 e. The van der Waals surface area contributed by atoms with Crippen LogP contribution in [0.2, 0.25) is 0 Å². The van der Waals surface area contributed by atoms with Gasteiger partial charge in [-0.15, -0.1) is 0 Å². The first-order valence-electron chi connectivity index (χ1n) is 9.89. The Kier molecular flexibility index (Phi) is 26.5. The summed E-state index contributed by atoms with van der Waals surface area (Å²) in [5.41, 5.74) is 0. The fourth-order valence-electron chi connectivity index (χ4n) is 3.17. The summed E-state index contributed by atoms with van der Waals surface area (Å²) in [6.07, 6.45) is 18.5. The van der Waals surface area contributed by atoms with Crippen molar-refractivity contribution in [3.05, 3.63) is 6.92 Å². The molecule has 3 unspecified atom stereocenters. The van der Waals surface area contributed by atoms with Gasteiger partial charge in [-0.1, -0.05) is 111 Å². The Morgan fingerprint density at radius 2 is 1.00 bits per heavy atom. The molecule has 23 heavy (non-hydrogen) atoms. The minimum atomic E-state index is 0. The van der Waals surface area contributed by atoms with E-state index in [2.05, 4.69) is 34.6 Å².